The van der Waals surface area contributed by atoms with E-state index in [2.05, 4.69) is 10.3 Å². The van der Waals surface area contributed by atoms with Crippen LogP contribution in [0.4, 0.5) is 17.6 Å². The topological polar surface area (TPSA) is 88.6 Å². The summed E-state index contributed by atoms with van der Waals surface area (Å²) in [5.74, 6) is -0.665. The van der Waals surface area contributed by atoms with Gasteiger partial charge in [-0.25, -0.2) is 17.8 Å². The van der Waals surface area contributed by atoms with E-state index in [-0.39, 0.29) is 30.3 Å². The molecular weight excluding hydrogens is 514 g/mol. The molecular formula is C25H23F4N3O4S. The fourth-order valence-electron chi connectivity index (χ4n) is 3.96. The van der Waals surface area contributed by atoms with Crippen LogP contribution in [0.15, 0.2) is 71.6 Å². The van der Waals surface area contributed by atoms with Gasteiger partial charge in [0, 0.05) is 13.1 Å². The molecule has 2 heterocycles. The van der Waals surface area contributed by atoms with E-state index >= 15 is 0 Å². The number of rotatable bonds is 8. The fourth-order valence-corrected chi connectivity index (χ4v) is 5.62. The summed E-state index contributed by atoms with van der Waals surface area (Å²) in [5.41, 5.74) is -0.251. The number of carbonyl (C=O) groups excluding carboxylic acids is 1. The van der Waals surface area contributed by atoms with Crippen molar-refractivity contribution in [1.29, 1.82) is 0 Å². The Hall–Kier alpha value is -3.51. The molecule has 0 spiro atoms. The van der Waals surface area contributed by atoms with Crippen molar-refractivity contribution in [2.75, 3.05) is 6.54 Å². The number of nitrogens with zero attached hydrogens (tertiary/aromatic N) is 2. The maximum absolute atomic E-state index is 13.2. The van der Waals surface area contributed by atoms with E-state index in [0.29, 0.717) is 24.2 Å². The number of carbonyl (C=O) groups is 1. The molecule has 1 saturated heterocycles. The van der Waals surface area contributed by atoms with Crippen molar-refractivity contribution in [3.8, 4) is 5.75 Å². The smallest absolute Gasteiger partial charge is 0.433 e. The van der Waals surface area contributed by atoms with Crippen molar-refractivity contribution in [2.45, 2.75) is 43.1 Å². The molecule has 0 radical (unpaired) electrons. The number of hydrogen-bond donors (Lipinski definition) is 1. The summed E-state index contributed by atoms with van der Waals surface area (Å²) in [6.45, 7) is 0.0709. The summed E-state index contributed by atoms with van der Waals surface area (Å²) >= 11 is 0. The Morgan fingerprint density at radius 3 is 2.54 bits per heavy atom. The van der Waals surface area contributed by atoms with Crippen LogP contribution in [-0.2, 0) is 34.1 Å². The van der Waals surface area contributed by atoms with Gasteiger partial charge in [-0.2, -0.15) is 17.5 Å². The Balaban J connectivity index is 1.36. The van der Waals surface area contributed by atoms with E-state index < -0.39 is 39.7 Å². The zero-order chi connectivity index (χ0) is 26.6. The van der Waals surface area contributed by atoms with Gasteiger partial charge in [0.2, 0.25) is 15.9 Å². The highest BCUT2D eigenvalue weighted by Gasteiger charge is 2.39. The number of alkyl halides is 3. The van der Waals surface area contributed by atoms with Gasteiger partial charge in [-0.1, -0.05) is 18.2 Å². The van der Waals surface area contributed by atoms with E-state index in [4.69, 9.17) is 4.74 Å². The molecule has 196 valence electrons. The number of ether oxygens (including phenoxy) is 1. The second-order valence-electron chi connectivity index (χ2n) is 8.39. The Kier molecular flexibility index (Phi) is 7.79. The molecule has 1 aliphatic rings. The molecule has 4 rings (SSSR count). The van der Waals surface area contributed by atoms with E-state index in [0.717, 1.165) is 22.5 Å². The van der Waals surface area contributed by atoms with E-state index in [1.54, 1.807) is 24.3 Å². The molecule has 0 unspecified atom stereocenters. The first-order valence-electron chi connectivity index (χ1n) is 11.3. The summed E-state index contributed by atoms with van der Waals surface area (Å²) in [5, 5.41) is 2.73. The Morgan fingerprint density at radius 2 is 1.81 bits per heavy atom. The van der Waals surface area contributed by atoms with Crippen LogP contribution in [0.3, 0.4) is 0 Å². The number of amides is 1. The van der Waals surface area contributed by atoms with Crippen molar-refractivity contribution in [3.05, 3.63) is 89.5 Å². The zero-order valence-electron chi connectivity index (χ0n) is 19.4. The molecule has 1 aromatic heterocycles. The summed E-state index contributed by atoms with van der Waals surface area (Å²) < 4.78 is 84.4. The summed E-state index contributed by atoms with van der Waals surface area (Å²) in [7, 11) is -3.98. The first-order chi connectivity index (χ1) is 17.5. The Bertz CT molecular complexity index is 1360. The first-order valence-corrected chi connectivity index (χ1v) is 12.8. The highest BCUT2D eigenvalue weighted by molar-refractivity contribution is 7.89. The molecule has 37 heavy (non-hydrogen) atoms. The standard InChI is InChI=1S/C25H23F4N3O4S/c26-18-9-11-21(12-10-18)37(34,35)32-13-3-7-22(32)24(33)30-15-17-4-1-6-20(14-17)36-16-19-5-2-8-23(31-19)25(27,28)29/h1-2,4-6,8-12,14,22H,3,7,13,15-16H2,(H,30,33)/t22-/m0/s1. The molecule has 1 fully saturated rings. The first kappa shape index (κ1) is 26.6. The maximum Gasteiger partial charge on any atom is 0.433 e. The zero-order valence-corrected chi connectivity index (χ0v) is 20.2. The number of aromatic nitrogens is 1. The molecule has 12 heteroatoms. The lowest BCUT2D eigenvalue weighted by Gasteiger charge is -2.23. The van der Waals surface area contributed by atoms with Gasteiger partial charge < -0.3 is 10.1 Å². The van der Waals surface area contributed by atoms with Crippen LogP contribution < -0.4 is 10.1 Å². The quantitative estimate of drug-likeness (QED) is 0.434. The van der Waals surface area contributed by atoms with Gasteiger partial charge in [-0.15, -0.1) is 0 Å². The predicted molar refractivity (Wildman–Crippen MR) is 125 cm³/mol. The molecule has 1 aliphatic heterocycles. The minimum absolute atomic E-state index is 0.0821. The number of benzene rings is 2. The Morgan fingerprint density at radius 1 is 1.08 bits per heavy atom. The highest BCUT2D eigenvalue weighted by Crippen LogP contribution is 2.28. The third kappa shape index (κ3) is 6.44. The third-order valence-corrected chi connectivity index (χ3v) is 7.70. The third-order valence-electron chi connectivity index (χ3n) is 5.78. The van der Waals surface area contributed by atoms with Gasteiger partial charge in [0.25, 0.3) is 0 Å². The Labute approximate surface area is 211 Å². The van der Waals surface area contributed by atoms with Crippen molar-refractivity contribution >= 4 is 15.9 Å². The van der Waals surface area contributed by atoms with Crippen LogP contribution >= 0.6 is 0 Å². The van der Waals surface area contributed by atoms with E-state index in [1.807, 2.05) is 0 Å². The minimum atomic E-state index is -4.55. The lowest BCUT2D eigenvalue weighted by Crippen LogP contribution is -2.45. The SMILES string of the molecule is O=C(NCc1cccc(OCc2cccc(C(F)(F)F)n2)c1)[C@@H]1CCCN1S(=O)(=O)c1ccc(F)cc1. The monoisotopic (exact) mass is 537 g/mol. The average molecular weight is 538 g/mol. The summed E-state index contributed by atoms with van der Waals surface area (Å²) in [4.78, 5) is 16.3. The molecule has 3 aromatic rings. The number of sulfonamides is 1. The van der Waals surface area contributed by atoms with Crippen molar-refractivity contribution in [3.63, 3.8) is 0 Å². The molecule has 1 amide bonds. The van der Waals surface area contributed by atoms with Crippen LogP contribution in [0.1, 0.15) is 29.8 Å². The summed E-state index contributed by atoms with van der Waals surface area (Å²) in [6.07, 6.45) is -3.70. The van der Waals surface area contributed by atoms with Gasteiger partial charge in [0.15, 0.2) is 0 Å². The number of halogens is 4. The van der Waals surface area contributed by atoms with Crippen molar-refractivity contribution in [2.24, 2.45) is 0 Å². The van der Waals surface area contributed by atoms with E-state index in [9.17, 15) is 30.8 Å². The van der Waals surface area contributed by atoms with Crippen molar-refractivity contribution < 1.29 is 35.5 Å². The van der Waals surface area contributed by atoms with Crippen LogP contribution in [0.5, 0.6) is 5.75 Å². The molecule has 0 saturated carbocycles. The average Bonchev–Trinajstić information content (AvgIpc) is 3.38. The second kappa shape index (κ2) is 10.9. The van der Waals surface area contributed by atoms with Gasteiger partial charge in [0.1, 0.15) is 29.9 Å². The van der Waals surface area contributed by atoms with E-state index in [1.165, 1.54) is 24.3 Å². The number of pyridine rings is 1. The van der Waals surface area contributed by atoms with Gasteiger partial charge in [-0.05, 0) is 66.9 Å². The highest BCUT2D eigenvalue weighted by atomic mass is 32.2. The lowest BCUT2D eigenvalue weighted by molar-refractivity contribution is -0.141. The lowest BCUT2D eigenvalue weighted by atomic mass is 10.2. The fraction of sp³-hybridized carbons (Fsp3) is 0.280. The molecule has 1 atom stereocenters. The molecule has 7 nitrogen and oxygen atoms in total. The number of hydrogen-bond acceptors (Lipinski definition) is 5. The van der Waals surface area contributed by atoms with Crippen LogP contribution in [0, 0.1) is 5.82 Å². The second-order valence-corrected chi connectivity index (χ2v) is 10.3. The van der Waals surface area contributed by atoms with Crippen molar-refractivity contribution in [1.82, 2.24) is 14.6 Å². The van der Waals surface area contributed by atoms with Gasteiger partial charge in [0.05, 0.1) is 10.6 Å². The molecule has 1 N–H and O–H groups in total. The minimum Gasteiger partial charge on any atom is -0.487 e. The van der Waals surface area contributed by atoms with Crippen LogP contribution in [-0.4, -0.2) is 36.2 Å². The molecule has 2 aromatic carbocycles. The largest absolute Gasteiger partial charge is 0.487 e. The van der Waals surface area contributed by atoms with Crippen LogP contribution in [0.25, 0.3) is 0 Å². The molecule has 0 bridgehead atoms. The normalized spacial score (nSPS) is 16.5. The summed E-state index contributed by atoms with van der Waals surface area (Å²) in [6, 6.07) is 13.7. The predicted octanol–water partition coefficient (Wildman–Crippen LogP) is 4.29. The van der Waals surface area contributed by atoms with Crippen LogP contribution in [0.2, 0.25) is 0 Å². The maximum atomic E-state index is 13.2. The molecule has 0 aliphatic carbocycles. The van der Waals surface area contributed by atoms with Gasteiger partial charge >= 0.3 is 6.18 Å². The number of nitrogens with one attached hydrogen (secondary N) is 1. The van der Waals surface area contributed by atoms with Gasteiger partial charge in [-0.3, -0.25) is 4.79 Å².